The topological polar surface area (TPSA) is 35.5 Å². The molecule has 3 nitrogen and oxygen atoms in total. The molecule has 0 aromatic heterocycles. The Morgan fingerprint density at radius 2 is 1.94 bits per heavy atom. The fraction of sp³-hybridized carbons (Fsp3) is 0.379. The molecule has 2 aromatic rings. The minimum atomic E-state index is -3.09. The van der Waals surface area contributed by atoms with Crippen LogP contribution in [0.2, 0.25) is 0 Å². The number of ether oxygens (including phenoxy) is 2. The summed E-state index contributed by atoms with van der Waals surface area (Å²) < 4.78 is 42.0. The van der Waals surface area contributed by atoms with Gasteiger partial charge in [0.05, 0.1) is 0 Å². The Bertz CT molecular complexity index is 1200. The molecule has 0 amide bonds. The van der Waals surface area contributed by atoms with Crippen LogP contribution in [0.4, 0.5) is 8.78 Å². The van der Waals surface area contributed by atoms with E-state index in [9.17, 15) is 13.6 Å². The molecular weight excluding hydrogens is 645 g/mol. The molecule has 36 heavy (non-hydrogen) atoms. The number of rotatable bonds is 10. The number of benzene rings is 2. The zero-order valence-electron chi connectivity index (χ0n) is 20.0. The molecule has 2 aliphatic carbocycles. The van der Waals surface area contributed by atoms with Crippen molar-refractivity contribution >= 4 is 17.6 Å². The molecular formula is C29H28ClF2LuO3. The Kier molecular flexibility index (Phi) is 8.67. The molecule has 0 bridgehead atoms. The number of para-hydroxylation sites is 1. The van der Waals surface area contributed by atoms with Gasteiger partial charge >= 0.3 is 224 Å². The molecule has 6 atom stereocenters. The fourth-order valence-electron chi connectivity index (χ4n) is 4.89. The van der Waals surface area contributed by atoms with Crippen LogP contribution in [0, 0.1) is 65.8 Å². The molecule has 2 saturated carbocycles. The van der Waals surface area contributed by atoms with E-state index in [2.05, 4.69) is 42.8 Å². The van der Waals surface area contributed by atoms with E-state index in [0.717, 1.165) is 25.3 Å². The van der Waals surface area contributed by atoms with E-state index in [4.69, 9.17) is 21.1 Å². The summed E-state index contributed by atoms with van der Waals surface area (Å²) in [4.78, 5) is 12.9. The number of allylic oxidation sites excluding steroid dienone is 3. The van der Waals surface area contributed by atoms with Crippen LogP contribution in [0.25, 0.3) is 0 Å². The van der Waals surface area contributed by atoms with Gasteiger partial charge in [0, 0.05) is 6.92 Å². The second-order valence-electron chi connectivity index (χ2n) is 9.63. The first-order valence-corrected chi connectivity index (χ1v) is 13.1. The summed E-state index contributed by atoms with van der Waals surface area (Å²) >= 11 is 9.03. The number of esters is 1. The number of carbonyl (C=O) groups is 1. The standard InChI is InChI=1S/C29H28ClF2O3.Lu/c1-5-23(27(30)29(4,31)32)26-17(2)24(26)15-20-16-25(20)28(33)34-18(3)19-10-9-13-22(14-19)35-21-11-7-6-8-12-21;/h5-14,17-18,20,24-26H,1,15-16H2,2,4H3;/b27-23-;/t17?,18-,20?,24?,25?,26?;/m1./s1. The van der Waals surface area contributed by atoms with Crippen molar-refractivity contribution in [1.82, 2.24) is 0 Å². The van der Waals surface area contributed by atoms with Gasteiger partial charge in [-0.1, -0.05) is 0 Å². The van der Waals surface area contributed by atoms with Crippen LogP contribution in [0.3, 0.4) is 0 Å². The van der Waals surface area contributed by atoms with E-state index in [1.54, 1.807) is 0 Å². The summed E-state index contributed by atoms with van der Waals surface area (Å²) in [5.74, 6) is -1.69. The molecule has 4 rings (SSSR count). The maximum atomic E-state index is 13.8. The van der Waals surface area contributed by atoms with E-state index >= 15 is 0 Å². The molecule has 0 N–H and O–H groups in total. The Balaban J connectivity index is 1.34. The van der Waals surface area contributed by atoms with Crippen molar-refractivity contribution in [2.75, 3.05) is 0 Å². The zero-order chi connectivity index (χ0) is 26.0. The van der Waals surface area contributed by atoms with Crippen molar-refractivity contribution in [3.8, 4) is 13.5 Å². The Morgan fingerprint density at radius 1 is 1.25 bits per heavy atom. The molecule has 2 fully saturated rings. The quantitative estimate of drug-likeness (QED) is 0.191. The number of hydrogen-bond acceptors (Lipinski definition) is 3. The fourth-order valence-corrected chi connectivity index (χ4v) is 5.46. The van der Waals surface area contributed by atoms with Crippen molar-refractivity contribution < 1.29 is 57.3 Å². The van der Waals surface area contributed by atoms with Crippen LogP contribution < -0.4 is 4.74 Å². The third kappa shape index (κ3) is 6.43. The third-order valence-electron chi connectivity index (χ3n) is 7.02. The van der Waals surface area contributed by atoms with E-state index in [-0.39, 0.29) is 35.6 Å². The minimum absolute atomic E-state index is 0.0525. The molecule has 2 aliphatic rings. The first-order chi connectivity index (χ1) is 17.1. The van der Waals surface area contributed by atoms with E-state index in [0.29, 0.717) is 17.1 Å². The Hall–Kier alpha value is -1.65. The predicted octanol–water partition coefficient (Wildman–Crippen LogP) is 7.81. The van der Waals surface area contributed by atoms with Crippen LogP contribution in [0.15, 0.2) is 77.9 Å². The van der Waals surface area contributed by atoms with Crippen molar-refractivity contribution in [1.29, 1.82) is 0 Å². The van der Waals surface area contributed by atoms with E-state index < -0.39 is 17.1 Å². The van der Waals surface area contributed by atoms with Crippen LogP contribution in [-0.4, -0.2) is 11.9 Å². The van der Waals surface area contributed by atoms with Gasteiger partial charge in [0.2, 0.25) is 0 Å². The molecule has 0 radical (unpaired) electrons. The van der Waals surface area contributed by atoms with Gasteiger partial charge in [0.25, 0.3) is 0 Å². The molecule has 5 unspecified atom stereocenters. The number of halogens is 3. The van der Waals surface area contributed by atoms with Gasteiger partial charge in [-0.25, -0.2) is 8.78 Å². The number of hydrogen-bond donors (Lipinski definition) is 0. The summed E-state index contributed by atoms with van der Waals surface area (Å²) in [6, 6.07) is 16.8. The van der Waals surface area contributed by atoms with Crippen LogP contribution in [0.1, 0.15) is 38.4 Å². The van der Waals surface area contributed by atoms with Crippen molar-refractivity contribution in [3.05, 3.63) is 83.4 Å². The molecule has 0 aliphatic heterocycles. The van der Waals surface area contributed by atoms with Gasteiger partial charge in [-0.05, 0) is 0 Å². The normalized spacial score (nSPS) is 26.2. The van der Waals surface area contributed by atoms with Gasteiger partial charge in [-0.3, -0.25) is 0 Å². The average Bonchev–Trinajstić information content (AvgIpc) is 3.76. The van der Waals surface area contributed by atoms with Gasteiger partial charge in [0.1, 0.15) is 0 Å². The molecule has 7 heteroatoms. The summed E-state index contributed by atoms with van der Waals surface area (Å²) in [6.07, 6.45) is 2.27. The van der Waals surface area contributed by atoms with Crippen molar-refractivity contribution in [2.24, 2.45) is 29.6 Å². The van der Waals surface area contributed by atoms with Gasteiger partial charge < -0.3 is 0 Å². The summed E-state index contributed by atoms with van der Waals surface area (Å²) in [5.41, 5.74) is 1.16. The molecule has 0 saturated heterocycles. The first kappa shape index (κ1) is 27.4. The summed E-state index contributed by atoms with van der Waals surface area (Å²) in [6.45, 7) is 6.52. The zero-order valence-corrected chi connectivity index (χ0v) is 22.4. The Labute approximate surface area is 238 Å². The van der Waals surface area contributed by atoms with Crippen LogP contribution in [-0.2, 0) is 9.53 Å². The van der Waals surface area contributed by atoms with Crippen LogP contribution in [0.5, 0.6) is 11.5 Å². The SMILES string of the molecule is C=C/C(=C(/Cl)C(C)(F)F)C1C(C)C1CC1CC1C(=O)O[C@H]([C]#[Lu])c1cccc(Oc2ccccc2)c1. The Morgan fingerprint density at radius 3 is 2.58 bits per heavy atom. The van der Waals surface area contributed by atoms with E-state index in [1.165, 1.54) is 6.08 Å². The van der Waals surface area contributed by atoms with E-state index in [1.807, 2.05) is 61.5 Å². The number of alkyl halides is 2. The first-order valence-electron chi connectivity index (χ1n) is 11.9. The van der Waals surface area contributed by atoms with Crippen LogP contribution >= 0.6 is 11.6 Å². The molecule has 198 valence electrons. The van der Waals surface area contributed by atoms with Gasteiger partial charge in [-0.15, -0.1) is 0 Å². The summed E-state index contributed by atoms with van der Waals surface area (Å²) in [7, 11) is 0. The maximum absolute atomic E-state index is 13.8. The number of carbonyl (C=O) groups excluding carboxylic acids is 1. The summed E-state index contributed by atoms with van der Waals surface area (Å²) in [5, 5.41) is -0.436. The third-order valence-corrected chi connectivity index (χ3v) is 8.01. The predicted molar refractivity (Wildman–Crippen MR) is 132 cm³/mol. The molecule has 2 aromatic carbocycles. The second-order valence-corrected chi connectivity index (χ2v) is 10.5. The van der Waals surface area contributed by atoms with Crippen molar-refractivity contribution in [3.63, 3.8) is 0 Å². The second kappa shape index (κ2) is 11.4. The monoisotopic (exact) mass is 672 g/mol. The van der Waals surface area contributed by atoms with Gasteiger partial charge in [0.15, 0.2) is 0 Å². The van der Waals surface area contributed by atoms with Gasteiger partial charge in [-0.2, -0.15) is 0 Å². The average molecular weight is 673 g/mol. The van der Waals surface area contributed by atoms with Crippen molar-refractivity contribution in [2.45, 2.75) is 38.7 Å². The molecule has 0 heterocycles. The molecule has 0 spiro atoms.